The van der Waals surface area contributed by atoms with E-state index in [2.05, 4.69) is 10.3 Å². The number of hydrogen-bond acceptors (Lipinski definition) is 5. The van der Waals surface area contributed by atoms with Crippen LogP contribution in [0.3, 0.4) is 0 Å². The topological polar surface area (TPSA) is 82.5 Å². The lowest BCUT2D eigenvalue weighted by molar-refractivity contribution is -0.141. The van der Waals surface area contributed by atoms with Gasteiger partial charge in [-0.25, -0.2) is 4.98 Å². The van der Waals surface area contributed by atoms with Crippen LogP contribution in [0.15, 0.2) is 60.1 Å². The molecule has 4 rings (SSSR count). The average Bonchev–Trinajstić information content (AvgIpc) is 3.56. The fourth-order valence-corrected chi connectivity index (χ4v) is 4.40. The van der Waals surface area contributed by atoms with Crippen LogP contribution in [-0.2, 0) is 22.6 Å². The molecule has 32 heavy (non-hydrogen) atoms. The highest BCUT2D eigenvalue weighted by molar-refractivity contribution is 7.09. The second-order valence-electron chi connectivity index (χ2n) is 8.10. The monoisotopic (exact) mass is 449 g/mol. The van der Waals surface area contributed by atoms with Crippen LogP contribution in [0.2, 0.25) is 0 Å². The average molecular weight is 450 g/mol. The quantitative estimate of drug-likeness (QED) is 0.514. The van der Waals surface area contributed by atoms with Crippen molar-refractivity contribution < 1.29 is 14.7 Å². The van der Waals surface area contributed by atoms with Crippen molar-refractivity contribution in [2.45, 2.75) is 51.2 Å². The minimum Gasteiger partial charge on any atom is -0.508 e. The van der Waals surface area contributed by atoms with E-state index < -0.39 is 6.04 Å². The molecule has 6 nitrogen and oxygen atoms in total. The lowest BCUT2D eigenvalue weighted by Crippen LogP contribution is -2.45. The number of aryl methyl sites for hydroxylation is 2. The molecule has 1 saturated carbocycles. The number of aromatic hydroxyl groups is 1. The van der Waals surface area contributed by atoms with Crippen molar-refractivity contribution in [1.29, 1.82) is 0 Å². The summed E-state index contributed by atoms with van der Waals surface area (Å²) in [6.45, 7) is 2.34. The fraction of sp³-hybridized carbons (Fsp3) is 0.320. The lowest BCUT2D eigenvalue weighted by Gasteiger charge is -2.31. The second-order valence-corrected chi connectivity index (χ2v) is 9.16. The summed E-state index contributed by atoms with van der Waals surface area (Å²) < 4.78 is 0. The summed E-state index contributed by atoms with van der Waals surface area (Å²) in [6, 6.07) is 16.0. The Bertz CT molecular complexity index is 1060. The molecule has 2 N–H and O–H groups in total. The maximum absolute atomic E-state index is 13.4. The zero-order valence-corrected chi connectivity index (χ0v) is 18.8. The van der Waals surface area contributed by atoms with E-state index >= 15 is 0 Å². The van der Waals surface area contributed by atoms with Crippen LogP contribution in [0, 0.1) is 6.92 Å². The summed E-state index contributed by atoms with van der Waals surface area (Å²) >= 11 is 1.48. The Balaban J connectivity index is 1.53. The van der Waals surface area contributed by atoms with Gasteiger partial charge in [0.15, 0.2) is 6.04 Å². The molecule has 166 valence electrons. The molecule has 0 spiro atoms. The number of carbonyl (C=O) groups excluding carboxylic acids is 2. The normalized spacial score (nSPS) is 14.0. The summed E-state index contributed by atoms with van der Waals surface area (Å²) in [5, 5.41) is 12.5. The molecule has 1 atom stereocenters. The molecular weight excluding hydrogens is 422 g/mol. The minimum absolute atomic E-state index is 0.0483. The second kappa shape index (κ2) is 9.96. The Morgan fingerprint density at radius 1 is 1.12 bits per heavy atom. The number of nitrogens with zero attached hydrogens (tertiary/aromatic N) is 2. The number of nitrogens with one attached hydrogen (secondary N) is 1. The first kappa shape index (κ1) is 22.0. The van der Waals surface area contributed by atoms with E-state index in [1.165, 1.54) is 11.3 Å². The van der Waals surface area contributed by atoms with Gasteiger partial charge in [0.2, 0.25) is 11.8 Å². The largest absolute Gasteiger partial charge is 0.508 e. The van der Waals surface area contributed by atoms with Crippen LogP contribution in [0.4, 0.5) is 0 Å². The van der Waals surface area contributed by atoms with Gasteiger partial charge in [0.05, 0.1) is 11.2 Å². The predicted octanol–water partition coefficient (Wildman–Crippen LogP) is 4.14. The molecular formula is C25H27N3O3S. The van der Waals surface area contributed by atoms with Gasteiger partial charge in [-0.05, 0) is 49.4 Å². The highest BCUT2D eigenvalue weighted by atomic mass is 32.1. The molecule has 1 aromatic heterocycles. The van der Waals surface area contributed by atoms with Crippen LogP contribution < -0.4 is 5.32 Å². The molecule has 1 fully saturated rings. The van der Waals surface area contributed by atoms with Crippen LogP contribution in [-0.4, -0.2) is 32.8 Å². The minimum atomic E-state index is -0.732. The van der Waals surface area contributed by atoms with Gasteiger partial charge in [-0.3, -0.25) is 9.59 Å². The first-order chi connectivity index (χ1) is 15.5. The molecule has 7 heteroatoms. The molecule has 0 radical (unpaired) electrons. The van der Waals surface area contributed by atoms with Crippen molar-refractivity contribution in [3.05, 3.63) is 81.8 Å². The molecule has 0 saturated heterocycles. The van der Waals surface area contributed by atoms with E-state index in [4.69, 9.17) is 0 Å². The summed E-state index contributed by atoms with van der Waals surface area (Å²) in [7, 11) is 0. The third kappa shape index (κ3) is 5.34. The number of hydrogen-bond donors (Lipinski definition) is 2. The van der Waals surface area contributed by atoms with E-state index in [1.807, 2.05) is 49.4 Å². The third-order valence-corrected chi connectivity index (χ3v) is 6.44. The molecule has 2 amide bonds. The molecule has 1 unspecified atom stereocenters. The summed E-state index contributed by atoms with van der Waals surface area (Å²) in [5.74, 6) is -0.0468. The number of thiazole rings is 1. The Labute approximate surface area is 191 Å². The Kier molecular flexibility index (Phi) is 6.85. The van der Waals surface area contributed by atoms with Crippen LogP contribution in [0.5, 0.6) is 5.75 Å². The Morgan fingerprint density at radius 3 is 2.47 bits per heavy atom. The van der Waals surface area contributed by atoms with Gasteiger partial charge in [0.1, 0.15) is 5.75 Å². The number of amides is 2. The van der Waals surface area contributed by atoms with Crippen molar-refractivity contribution in [3.8, 4) is 5.75 Å². The van der Waals surface area contributed by atoms with Gasteiger partial charge >= 0.3 is 0 Å². The number of aromatic nitrogens is 1. The summed E-state index contributed by atoms with van der Waals surface area (Å²) in [6.07, 6.45) is 2.65. The Morgan fingerprint density at radius 2 is 1.84 bits per heavy atom. The van der Waals surface area contributed by atoms with E-state index in [0.29, 0.717) is 25.1 Å². The fourth-order valence-electron chi connectivity index (χ4n) is 3.79. The molecule has 0 aliphatic heterocycles. The van der Waals surface area contributed by atoms with E-state index in [0.717, 1.165) is 28.8 Å². The molecule has 0 bridgehead atoms. The van der Waals surface area contributed by atoms with E-state index in [-0.39, 0.29) is 23.6 Å². The smallest absolute Gasteiger partial charge is 0.249 e. The third-order valence-electron chi connectivity index (χ3n) is 5.67. The van der Waals surface area contributed by atoms with Gasteiger partial charge in [-0.15, -0.1) is 11.3 Å². The van der Waals surface area contributed by atoms with Crippen molar-refractivity contribution in [1.82, 2.24) is 15.2 Å². The van der Waals surface area contributed by atoms with Crippen LogP contribution in [0.1, 0.15) is 47.0 Å². The maximum atomic E-state index is 13.4. The van der Waals surface area contributed by atoms with Gasteiger partial charge < -0.3 is 15.3 Å². The number of rotatable bonds is 9. The summed E-state index contributed by atoms with van der Waals surface area (Å²) in [4.78, 5) is 33.9. The van der Waals surface area contributed by atoms with Gasteiger partial charge in [-0.2, -0.15) is 0 Å². The van der Waals surface area contributed by atoms with Crippen LogP contribution >= 0.6 is 11.3 Å². The Hall–Kier alpha value is -3.19. The van der Waals surface area contributed by atoms with Crippen LogP contribution in [0.25, 0.3) is 0 Å². The molecule has 3 aromatic rings. The van der Waals surface area contributed by atoms with E-state index in [9.17, 15) is 14.7 Å². The van der Waals surface area contributed by atoms with Crippen molar-refractivity contribution in [2.75, 3.05) is 0 Å². The highest BCUT2D eigenvalue weighted by Crippen LogP contribution is 2.36. The zero-order valence-electron chi connectivity index (χ0n) is 18.0. The number of phenols is 1. The number of carbonyl (C=O) groups is 2. The molecule has 2 aromatic carbocycles. The number of phenolic OH excluding ortho intramolecular Hbond substituents is 1. The molecule has 1 heterocycles. The first-order valence-corrected chi connectivity index (χ1v) is 11.7. The van der Waals surface area contributed by atoms with Crippen molar-refractivity contribution in [3.63, 3.8) is 0 Å². The lowest BCUT2D eigenvalue weighted by atomic mass is 10.1. The van der Waals surface area contributed by atoms with Crippen molar-refractivity contribution in [2.24, 2.45) is 0 Å². The highest BCUT2D eigenvalue weighted by Gasteiger charge is 2.42. The van der Waals surface area contributed by atoms with E-state index in [1.54, 1.807) is 22.5 Å². The SMILES string of the molecule is Cc1scnc1C(C(=O)NCc1ccccc1)N(C(=O)CCc1ccc(O)cc1)C1CC1. The standard InChI is InChI=1S/C25H27N3O3S/c1-17-23(27-16-32-17)24(25(31)26-15-19-5-3-2-4-6-19)28(20-10-11-20)22(30)14-9-18-7-12-21(29)13-8-18/h2-8,12-13,16,20,24,29H,9-11,14-15H2,1H3,(H,26,31). The van der Waals surface area contributed by atoms with Gasteiger partial charge in [-0.1, -0.05) is 42.5 Å². The first-order valence-electron chi connectivity index (χ1n) is 10.8. The predicted molar refractivity (Wildman–Crippen MR) is 124 cm³/mol. The number of benzene rings is 2. The van der Waals surface area contributed by atoms with Gasteiger partial charge in [0.25, 0.3) is 0 Å². The van der Waals surface area contributed by atoms with Gasteiger partial charge in [0, 0.05) is 23.9 Å². The van der Waals surface area contributed by atoms with Crippen molar-refractivity contribution >= 4 is 23.2 Å². The summed E-state index contributed by atoms with van der Waals surface area (Å²) in [5.41, 5.74) is 4.37. The maximum Gasteiger partial charge on any atom is 0.249 e. The molecule has 1 aliphatic carbocycles. The molecule has 1 aliphatic rings. The zero-order chi connectivity index (χ0) is 22.5.